The van der Waals surface area contributed by atoms with Gasteiger partial charge in [-0.25, -0.2) is 4.98 Å². The molecule has 3 aromatic rings. The Kier molecular flexibility index (Phi) is 5.17. The summed E-state index contributed by atoms with van der Waals surface area (Å²) in [5.74, 6) is 0.754. The molecule has 2 aromatic heterocycles. The summed E-state index contributed by atoms with van der Waals surface area (Å²) in [6.45, 7) is 6.51. The summed E-state index contributed by atoms with van der Waals surface area (Å²) >= 11 is 0. The van der Waals surface area contributed by atoms with Crippen LogP contribution in [0.15, 0.2) is 60.8 Å². The van der Waals surface area contributed by atoms with E-state index in [-0.39, 0.29) is 13.3 Å². The number of aryl methyl sites for hydroxylation is 2. The molecule has 28 heavy (non-hydrogen) atoms. The van der Waals surface area contributed by atoms with Crippen LogP contribution in [0.2, 0.25) is 0 Å². The van der Waals surface area contributed by atoms with Gasteiger partial charge in [0.05, 0.1) is 0 Å². The van der Waals surface area contributed by atoms with Gasteiger partial charge in [-0.3, -0.25) is 9.78 Å². The molecule has 0 saturated carbocycles. The normalized spacial score (nSPS) is 16.8. The molecule has 0 bridgehead atoms. The zero-order valence-corrected chi connectivity index (χ0v) is 16.2. The first-order valence-corrected chi connectivity index (χ1v) is 9.60. The Labute approximate surface area is 166 Å². The molecule has 0 spiro atoms. The van der Waals surface area contributed by atoms with Gasteiger partial charge < -0.3 is 10.2 Å². The van der Waals surface area contributed by atoms with E-state index < -0.39 is 0 Å². The lowest BCUT2D eigenvalue weighted by Crippen LogP contribution is -2.46. The average Bonchev–Trinajstić information content (AvgIpc) is 2.74. The van der Waals surface area contributed by atoms with E-state index >= 15 is 0 Å². The SMILES string of the molecule is Cc1cccc(C2CN(c3cccc(C(=O)c4cccnc4C)n3)CCN2)c1.[HH]. The third kappa shape index (κ3) is 3.80. The van der Waals surface area contributed by atoms with Crippen LogP contribution in [0.25, 0.3) is 0 Å². The molecule has 1 aliphatic rings. The molecule has 5 nitrogen and oxygen atoms in total. The van der Waals surface area contributed by atoms with Crippen LogP contribution in [0.3, 0.4) is 0 Å². The molecule has 3 heterocycles. The lowest BCUT2D eigenvalue weighted by Gasteiger charge is -2.35. The summed E-state index contributed by atoms with van der Waals surface area (Å²) < 4.78 is 0. The van der Waals surface area contributed by atoms with Gasteiger partial charge in [-0.05, 0) is 43.7 Å². The molecular weight excluding hydrogens is 348 g/mol. The molecule has 1 N–H and O–H groups in total. The second-order valence-corrected chi connectivity index (χ2v) is 7.21. The average molecular weight is 374 g/mol. The Hall–Kier alpha value is -3.05. The number of carbonyl (C=O) groups is 1. The van der Waals surface area contributed by atoms with E-state index in [1.54, 1.807) is 24.4 Å². The van der Waals surface area contributed by atoms with E-state index in [2.05, 4.69) is 51.4 Å². The number of aromatic nitrogens is 2. The van der Waals surface area contributed by atoms with Crippen molar-refractivity contribution in [3.05, 3.63) is 88.9 Å². The standard InChI is InChI=1S/C23H24N4O.H2/c1-16-6-3-7-18(14-16)21-15-27(13-12-25-21)22-10-4-9-20(26-22)23(28)19-8-5-11-24-17(19)2;/h3-11,14,21,25H,12-13,15H2,1-2H3;1H. The molecule has 1 fully saturated rings. The van der Waals surface area contributed by atoms with Crippen molar-refractivity contribution in [2.75, 3.05) is 24.5 Å². The number of hydrogen-bond donors (Lipinski definition) is 1. The maximum atomic E-state index is 12.9. The van der Waals surface area contributed by atoms with Crippen LogP contribution in [0.5, 0.6) is 0 Å². The quantitative estimate of drug-likeness (QED) is 0.706. The van der Waals surface area contributed by atoms with Crippen molar-refractivity contribution in [2.45, 2.75) is 19.9 Å². The Balaban J connectivity index is 0.00000240. The van der Waals surface area contributed by atoms with E-state index in [0.717, 1.165) is 31.1 Å². The lowest BCUT2D eigenvalue weighted by atomic mass is 10.0. The number of benzene rings is 1. The zero-order valence-electron chi connectivity index (χ0n) is 16.2. The Morgan fingerprint density at radius 2 is 2.00 bits per heavy atom. The predicted octanol–water partition coefficient (Wildman–Crippen LogP) is 3.72. The van der Waals surface area contributed by atoms with Crippen molar-refractivity contribution in [3.63, 3.8) is 0 Å². The minimum absolute atomic E-state index is 0. The maximum absolute atomic E-state index is 12.9. The highest BCUT2D eigenvalue weighted by Gasteiger charge is 2.23. The van der Waals surface area contributed by atoms with Crippen LogP contribution in [0.4, 0.5) is 5.82 Å². The zero-order chi connectivity index (χ0) is 19.5. The summed E-state index contributed by atoms with van der Waals surface area (Å²) in [7, 11) is 0. The van der Waals surface area contributed by atoms with Crippen LogP contribution in [0, 0.1) is 13.8 Å². The number of hydrogen-bond acceptors (Lipinski definition) is 5. The van der Waals surface area contributed by atoms with E-state index in [9.17, 15) is 4.79 Å². The Morgan fingerprint density at radius 3 is 2.82 bits per heavy atom. The van der Waals surface area contributed by atoms with E-state index in [1.165, 1.54) is 11.1 Å². The summed E-state index contributed by atoms with van der Waals surface area (Å²) in [6, 6.07) is 18.1. The number of piperazine rings is 1. The summed E-state index contributed by atoms with van der Waals surface area (Å²) in [5.41, 5.74) is 4.32. The molecule has 5 heteroatoms. The molecule has 1 atom stereocenters. The molecule has 1 aliphatic heterocycles. The molecule has 0 aliphatic carbocycles. The van der Waals surface area contributed by atoms with Crippen molar-refractivity contribution in [3.8, 4) is 0 Å². The van der Waals surface area contributed by atoms with Gasteiger partial charge in [0.25, 0.3) is 0 Å². The minimum atomic E-state index is -0.0854. The first kappa shape index (κ1) is 18.3. The first-order chi connectivity index (χ1) is 13.6. The largest absolute Gasteiger partial charge is 0.353 e. The Morgan fingerprint density at radius 1 is 1.14 bits per heavy atom. The van der Waals surface area contributed by atoms with Crippen LogP contribution in [-0.2, 0) is 0 Å². The summed E-state index contributed by atoms with van der Waals surface area (Å²) in [4.78, 5) is 24.0. The van der Waals surface area contributed by atoms with Gasteiger partial charge in [-0.2, -0.15) is 0 Å². The first-order valence-electron chi connectivity index (χ1n) is 9.60. The number of rotatable bonds is 4. The number of nitrogens with one attached hydrogen (secondary N) is 1. The minimum Gasteiger partial charge on any atom is -0.353 e. The van der Waals surface area contributed by atoms with Crippen LogP contribution >= 0.6 is 0 Å². The van der Waals surface area contributed by atoms with Crippen LogP contribution < -0.4 is 10.2 Å². The smallest absolute Gasteiger partial charge is 0.213 e. The number of anilines is 1. The summed E-state index contributed by atoms with van der Waals surface area (Å²) in [6.07, 6.45) is 1.70. The highest BCUT2D eigenvalue weighted by atomic mass is 16.1. The van der Waals surface area contributed by atoms with Crippen molar-refractivity contribution in [1.29, 1.82) is 0 Å². The third-order valence-corrected chi connectivity index (χ3v) is 5.16. The predicted molar refractivity (Wildman–Crippen MR) is 113 cm³/mol. The highest BCUT2D eigenvalue weighted by Crippen LogP contribution is 2.23. The maximum Gasteiger partial charge on any atom is 0.213 e. The van der Waals surface area contributed by atoms with Crippen LogP contribution in [0.1, 0.15) is 40.3 Å². The fourth-order valence-electron chi connectivity index (χ4n) is 3.66. The third-order valence-electron chi connectivity index (χ3n) is 5.16. The number of ketones is 1. The highest BCUT2D eigenvalue weighted by molar-refractivity contribution is 6.08. The molecule has 0 radical (unpaired) electrons. The summed E-state index contributed by atoms with van der Waals surface area (Å²) in [5, 5.41) is 3.59. The number of nitrogens with zero attached hydrogens (tertiary/aromatic N) is 3. The van der Waals surface area contributed by atoms with E-state index in [0.29, 0.717) is 11.3 Å². The van der Waals surface area contributed by atoms with Crippen molar-refractivity contribution in [2.24, 2.45) is 0 Å². The Bertz CT molecular complexity index is 1010. The van der Waals surface area contributed by atoms with E-state index in [1.807, 2.05) is 19.1 Å². The van der Waals surface area contributed by atoms with Gasteiger partial charge in [0.1, 0.15) is 11.5 Å². The van der Waals surface area contributed by atoms with Crippen LogP contribution in [-0.4, -0.2) is 35.4 Å². The fourth-order valence-corrected chi connectivity index (χ4v) is 3.66. The van der Waals surface area contributed by atoms with Gasteiger partial charge in [0.15, 0.2) is 0 Å². The molecule has 1 unspecified atom stereocenters. The number of pyridine rings is 2. The van der Waals surface area contributed by atoms with Gasteiger partial charge in [-0.1, -0.05) is 35.9 Å². The second kappa shape index (κ2) is 7.90. The van der Waals surface area contributed by atoms with Gasteiger partial charge in [0, 0.05) is 44.6 Å². The van der Waals surface area contributed by atoms with Gasteiger partial charge in [-0.15, -0.1) is 0 Å². The van der Waals surface area contributed by atoms with Crippen molar-refractivity contribution < 1.29 is 6.22 Å². The molecule has 1 saturated heterocycles. The lowest BCUT2D eigenvalue weighted by molar-refractivity contribution is 0.103. The molecule has 0 amide bonds. The van der Waals surface area contributed by atoms with Gasteiger partial charge in [0.2, 0.25) is 5.78 Å². The topological polar surface area (TPSA) is 58.1 Å². The monoisotopic (exact) mass is 374 g/mol. The second-order valence-electron chi connectivity index (χ2n) is 7.21. The van der Waals surface area contributed by atoms with Crippen molar-refractivity contribution >= 4 is 11.6 Å². The molecular formula is C23H26N4O. The fraction of sp³-hybridized carbons (Fsp3) is 0.261. The molecule has 1 aromatic carbocycles. The van der Waals surface area contributed by atoms with E-state index in [4.69, 9.17) is 0 Å². The van der Waals surface area contributed by atoms with Gasteiger partial charge >= 0.3 is 0 Å². The molecule has 144 valence electrons. The number of carbonyl (C=O) groups excluding carboxylic acids is 1. The molecule has 4 rings (SSSR count). The van der Waals surface area contributed by atoms with Crippen molar-refractivity contribution in [1.82, 2.24) is 15.3 Å².